The molecule has 1 saturated heterocycles. The molecule has 0 aromatic heterocycles. The Morgan fingerprint density at radius 2 is 1.20 bits per heavy atom. The van der Waals surface area contributed by atoms with Crippen LogP contribution in [0.25, 0.3) is 0 Å². The van der Waals surface area contributed by atoms with Crippen molar-refractivity contribution in [2.24, 2.45) is 0 Å². The molecule has 3 rings (SSSR count). The van der Waals surface area contributed by atoms with Gasteiger partial charge in [-0.05, 0) is 11.1 Å². The fourth-order valence-corrected chi connectivity index (χ4v) is 2.64. The second kappa shape index (κ2) is 5.45. The summed E-state index contributed by atoms with van der Waals surface area (Å²) in [4.78, 5) is 11.2. The van der Waals surface area contributed by atoms with Gasteiger partial charge in [-0.2, -0.15) is 0 Å². The first kappa shape index (κ1) is 12.8. The lowest BCUT2D eigenvalue weighted by Crippen LogP contribution is -2.39. The van der Waals surface area contributed by atoms with Crippen molar-refractivity contribution in [1.82, 2.24) is 10.6 Å². The molecule has 1 heterocycles. The first-order valence-corrected chi connectivity index (χ1v) is 6.60. The Morgan fingerprint density at radius 1 is 0.800 bits per heavy atom. The van der Waals surface area contributed by atoms with Gasteiger partial charge >= 0.3 is 5.97 Å². The van der Waals surface area contributed by atoms with E-state index >= 15 is 0 Å². The van der Waals surface area contributed by atoms with Crippen LogP contribution >= 0.6 is 0 Å². The van der Waals surface area contributed by atoms with E-state index in [9.17, 15) is 9.90 Å². The highest BCUT2D eigenvalue weighted by molar-refractivity contribution is 5.73. The molecule has 4 heteroatoms. The fourth-order valence-electron chi connectivity index (χ4n) is 2.64. The topological polar surface area (TPSA) is 61.4 Å². The largest absolute Gasteiger partial charge is 0.479 e. The van der Waals surface area contributed by atoms with Crippen molar-refractivity contribution in [2.75, 3.05) is 0 Å². The molecule has 4 nitrogen and oxygen atoms in total. The predicted molar refractivity (Wildman–Crippen MR) is 76.1 cm³/mol. The molecule has 20 heavy (non-hydrogen) atoms. The van der Waals surface area contributed by atoms with Crippen LogP contribution in [0.3, 0.4) is 0 Å². The van der Waals surface area contributed by atoms with Gasteiger partial charge in [0.15, 0.2) is 6.17 Å². The third-order valence-corrected chi connectivity index (χ3v) is 3.59. The van der Waals surface area contributed by atoms with E-state index in [0.717, 1.165) is 11.1 Å². The number of carboxylic acids is 1. The number of benzene rings is 2. The van der Waals surface area contributed by atoms with Crippen molar-refractivity contribution in [3.8, 4) is 0 Å². The molecule has 3 N–H and O–H groups in total. The molecule has 0 spiro atoms. The van der Waals surface area contributed by atoms with Crippen LogP contribution in [0.5, 0.6) is 0 Å². The SMILES string of the molecule is O=C(O)C1N[C@H](c2ccccc2)[C@H](c2ccccc2)N1. The molecule has 1 aliphatic rings. The maximum Gasteiger partial charge on any atom is 0.335 e. The van der Waals surface area contributed by atoms with E-state index in [1.807, 2.05) is 60.7 Å². The summed E-state index contributed by atoms with van der Waals surface area (Å²) in [7, 11) is 0. The van der Waals surface area contributed by atoms with E-state index < -0.39 is 12.1 Å². The van der Waals surface area contributed by atoms with E-state index in [-0.39, 0.29) is 12.1 Å². The summed E-state index contributed by atoms with van der Waals surface area (Å²) in [6, 6.07) is 19.7. The number of hydrogen-bond acceptors (Lipinski definition) is 3. The summed E-state index contributed by atoms with van der Waals surface area (Å²) < 4.78 is 0. The second-order valence-electron chi connectivity index (χ2n) is 4.88. The maximum absolute atomic E-state index is 11.2. The lowest BCUT2D eigenvalue weighted by atomic mass is 9.95. The molecule has 0 radical (unpaired) electrons. The fraction of sp³-hybridized carbons (Fsp3) is 0.188. The summed E-state index contributed by atoms with van der Waals surface area (Å²) in [6.45, 7) is 0. The molecule has 102 valence electrons. The first-order valence-electron chi connectivity index (χ1n) is 6.60. The molecular weight excluding hydrogens is 252 g/mol. The van der Waals surface area contributed by atoms with Crippen LogP contribution < -0.4 is 10.6 Å². The highest BCUT2D eigenvalue weighted by Gasteiger charge is 2.38. The summed E-state index contributed by atoms with van der Waals surface area (Å²) in [5.74, 6) is -0.885. The summed E-state index contributed by atoms with van der Waals surface area (Å²) in [5, 5.41) is 15.5. The van der Waals surface area contributed by atoms with Gasteiger partial charge in [0.1, 0.15) is 0 Å². The van der Waals surface area contributed by atoms with Crippen LogP contribution in [0.1, 0.15) is 23.2 Å². The minimum absolute atomic E-state index is 0.0558. The van der Waals surface area contributed by atoms with Crippen LogP contribution in [-0.2, 0) is 4.79 Å². The normalized spacial score (nSPS) is 25.5. The Labute approximate surface area is 117 Å². The van der Waals surface area contributed by atoms with E-state index in [4.69, 9.17) is 0 Å². The zero-order valence-corrected chi connectivity index (χ0v) is 10.9. The quantitative estimate of drug-likeness (QED) is 0.797. The summed E-state index contributed by atoms with van der Waals surface area (Å²) in [5.41, 5.74) is 2.16. The van der Waals surface area contributed by atoms with E-state index in [0.29, 0.717) is 0 Å². The number of carboxylic acid groups (broad SMARTS) is 1. The average Bonchev–Trinajstić information content (AvgIpc) is 2.94. The molecule has 0 saturated carbocycles. The molecule has 0 amide bonds. The second-order valence-corrected chi connectivity index (χ2v) is 4.88. The number of aliphatic carboxylic acids is 1. The van der Waals surface area contributed by atoms with Gasteiger partial charge in [0, 0.05) is 0 Å². The van der Waals surface area contributed by atoms with Crippen LogP contribution in [0.4, 0.5) is 0 Å². The predicted octanol–water partition coefficient (Wildman–Crippen LogP) is 2.07. The lowest BCUT2D eigenvalue weighted by molar-refractivity contribution is -0.139. The van der Waals surface area contributed by atoms with E-state index in [1.54, 1.807) is 0 Å². The van der Waals surface area contributed by atoms with Gasteiger partial charge in [-0.25, -0.2) is 4.79 Å². The molecule has 1 aliphatic heterocycles. The van der Waals surface area contributed by atoms with Crippen molar-refractivity contribution >= 4 is 5.97 Å². The average molecular weight is 268 g/mol. The summed E-state index contributed by atoms with van der Waals surface area (Å²) in [6.07, 6.45) is -0.731. The van der Waals surface area contributed by atoms with Gasteiger partial charge in [-0.3, -0.25) is 10.6 Å². The zero-order chi connectivity index (χ0) is 13.9. The number of carbonyl (C=O) groups is 1. The van der Waals surface area contributed by atoms with Gasteiger partial charge in [-0.1, -0.05) is 60.7 Å². The number of rotatable bonds is 3. The minimum Gasteiger partial charge on any atom is -0.479 e. The van der Waals surface area contributed by atoms with Crippen LogP contribution in [0.2, 0.25) is 0 Å². The highest BCUT2D eigenvalue weighted by atomic mass is 16.4. The standard InChI is InChI=1S/C16H16N2O2/c19-16(20)15-17-13(11-7-3-1-4-8-11)14(18-15)12-9-5-2-6-10-12/h1-10,13-15,17-18H,(H,19,20)/t13-,14+,15?. The molecule has 1 unspecified atom stereocenters. The van der Waals surface area contributed by atoms with E-state index in [2.05, 4.69) is 10.6 Å². The lowest BCUT2D eigenvalue weighted by Gasteiger charge is -2.19. The first-order chi connectivity index (χ1) is 9.75. The van der Waals surface area contributed by atoms with Crippen LogP contribution in [0, 0.1) is 0 Å². The number of hydrogen-bond donors (Lipinski definition) is 3. The third kappa shape index (κ3) is 2.43. The maximum atomic E-state index is 11.2. The van der Waals surface area contributed by atoms with E-state index in [1.165, 1.54) is 0 Å². The minimum atomic E-state index is -0.885. The molecule has 2 aromatic carbocycles. The van der Waals surface area contributed by atoms with Crippen molar-refractivity contribution in [3.05, 3.63) is 71.8 Å². The van der Waals surface area contributed by atoms with Gasteiger partial charge in [0.25, 0.3) is 0 Å². The highest BCUT2D eigenvalue weighted by Crippen LogP contribution is 2.33. The Kier molecular flexibility index (Phi) is 3.50. The van der Waals surface area contributed by atoms with Crippen molar-refractivity contribution < 1.29 is 9.90 Å². The van der Waals surface area contributed by atoms with Crippen LogP contribution in [-0.4, -0.2) is 17.2 Å². The van der Waals surface area contributed by atoms with Gasteiger partial charge in [0.2, 0.25) is 0 Å². The Bertz CT molecular complexity index is 538. The molecule has 0 aliphatic carbocycles. The Balaban J connectivity index is 1.95. The number of nitrogens with one attached hydrogen (secondary N) is 2. The Morgan fingerprint density at radius 3 is 1.55 bits per heavy atom. The molecule has 2 aromatic rings. The van der Waals surface area contributed by atoms with Crippen molar-refractivity contribution in [2.45, 2.75) is 18.2 Å². The zero-order valence-electron chi connectivity index (χ0n) is 10.9. The van der Waals surface area contributed by atoms with Gasteiger partial charge < -0.3 is 5.11 Å². The third-order valence-electron chi connectivity index (χ3n) is 3.59. The van der Waals surface area contributed by atoms with Crippen molar-refractivity contribution in [1.29, 1.82) is 0 Å². The van der Waals surface area contributed by atoms with Gasteiger partial charge in [0.05, 0.1) is 12.1 Å². The monoisotopic (exact) mass is 268 g/mol. The molecule has 0 bridgehead atoms. The Hall–Kier alpha value is -2.17. The molecule has 1 fully saturated rings. The van der Waals surface area contributed by atoms with Gasteiger partial charge in [-0.15, -0.1) is 0 Å². The summed E-state index contributed by atoms with van der Waals surface area (Å²) >= 11 is 0. The molecule has 3 atom stereocenters. The van der Waals surface area contributed by atoms with Crippen LogP contribution in [0.15, 0.2) is 60.7 Å². The van der Waals surface area contributed by atoms with Crippen molar-refractivity contribution in [3.63, 3.8) is 0 Å². The molecular formula is C16H16N2O2. The smallest absolute Gasteiger partial charge is 0.335 e.